The molecule has 1 aliphatic rings. The summed E-state index contributed by atoms with van der Waals surface area (Å²) < 4.78 is 5.85. The summed E-state index contributed by atoms with van der Waals surface area (Å²) in [6.45, 7) is 2.61. The molecule has 76 valence electrons. The fourth-order valence-electron chi connectivity index (χ4n) is 1.44. The van der Waals surface area contributed by atoms with E-state index in [1.807, 2.05) is 6.20 Å². The second-order valence-electron chi connectivity index (χ2n) is 3.66. The van der Waals surface area contributed by atoms with Crippen molar-refractivity contribution in [2.24, 2.45) is 5.73 Å². The van der Waals surface area contributed by atoms with Gasteiger partial charge in [-0.05, 0) is 19.3 Å². The maximum atomic E-state index is 5.85. The Morgan fingerprint density at radius 1 is 1.43 bits per heavy atom. The van der Waals surface area contributed by atoms with E-state index in [4.69, 9.17) is 10.5 Å². The Morgan fingerprint density at radius 2 is 2.14 bits per heavy atom. The van der Waals surface area contributed by atoms with Crippen LogP contribution >= 0.6 is 0 Å². The van der Waals surface area contributed by atoms with Crippen LogP contribution in [-0.2, 0) is 13.0 Å². The number of aromatic nitrogens is 1. The summed E-state index contributed by atoms with van der Waals surface area (Å²) >= 11 is 0. The molecule has 0 saturated heterocycles. The SMILES string of the molecule is CCc1cncc(CN)c1OC1CC1. The lowest BCUT2D eigenvalue weighted by Gasteiger charge is -2.12. The lowest BCUT2D eigenvalue weighted by molar-refractivity contribution is 0.296. The van der Waals surface area contributed by atoms with E-state index in [9.17, 15) is 0 Å². The Balaban J connectivity index is 2.29. The molecular weight excluding hydrogens is 176 g/mol. The van der Waals surface area contributed by atoms with Gasteiger partial charge in [0.15, 0.2) is 0 Å². The van der Waals surface area contributed by atoms with Crippen molar-refractivity contribution < 1.29 is 4.74 Å². The van der Waals surface area contributed by atoms with Crippen LogP contribution in [0.5, 0.6) is 5.75 Å². The molecule has 1 aromatic heterocycles. The Morgan fingerprint density at radius 3 is 2.71 bits per heavy atom. The minimum Gasteiger partial charge on any atom is -0.490 e. The first-order valence-electron chi connectivity index (χ1n) is 5.17. The van der Waals surface area contributed by atoms with Gasteiger partial charge in [-0.1, -0.05) is 6.92 Å². The number of hydrogen-bond donors (Lipinski definition) is 1. The smallest absolute Gasteiger partial charge is 0.130 e. The highest BCUT2D eigenvalue weighted by molar-refractivity contribution is 5.39. The van der Waals surface area contributed by atoms with E-state index >= 15 is 0 Å². The number of aryl methyl sites for hydroxylation is 1. The topological polar surface area (TPSA) is 48.1 Å². The molecular formula is C11H16N2O. The molecule has 1 saturated carbocycles. The molecule has 2 rings (SSSR count). The molecule has 0 atom stereocenters. The van der Waals surface area contributed by atoms with Crippen LogP contribution in [0, 0.1) is 0 Å². The zero-order chi connectivity index (χ0) is 9.97. The van der Waals surface area contributed by atoms with Gasteiger partial charge in [0, 0.05) is 30.1 Å². The zero-order valence-electron chi connectivity index (χ0n) is 8.49. The van der Waals surface area contributed by atoms with E-state index in [2.05, 4.69) is 11.9 Å². The first-order chi connectivity index (χ1) is 6.85. The maximum Gasteiger partial charge on any atom is 0.130 e. The van der Waals surface area contributed by atoms with E-state index in [0.717, 1.165) is 17.7 Å². The van der Waals surface area contributed by atoms with E-state index in [0.29, 0.717) is 12.6 Å². The van der Waals surface area contributed by atoms with Crippen molar-refractivity contribution in [1.82, 2.24) is 4.98 Å². The van der Waals surface area contributed by atoms with Gasteiger partial charge in [0.05, 0.1) is 6.10 Å². The molecule has 1 aliphatic carbocycles. The second kappa shape index (κ2) is 3.96. The molecule has 0 radical (unpaired) electrons. The molecule has 0 unspecified atom stereocenters. The van der Waals surface area contributed by atoms with Crippen molar-refractivity contribution in [3.05, 3.63) is 23.5 Å². The summed E-state index contributed by atoms with van der Waals surface area (Å²) in [4.78, 5) is 4.15. The summed E-state index contributed by atoms with van der Waals surface area (Å²) in [5.74, 6) is 0.979. The molecule has 1 heterocycles. The van der Waals surface area contributed by atoms with Crippen LogP contribution in [0.4, 0.5) is 0 Å². The van der Waals surface area contributed by atoms with Gasteiger partial charge < -0.3 is 10.5 Å². The van der Waals surface area contributed by atoms with Crippen LogP contribution in [0.15, 0.2) is 12.4 Å². The van der Waals surface area contributed by atoms with Crippen LogP contribution in [0.1, 0.15) is 30.9 Å². The Labute approximate surface area is 84.3 Å². The predicted octanol–water partition coefficient (Wildman–Crippen LogP) is 1.64. The highest BCUT2D eigenvalue weighted by Crippen LogP contribution is 2.31. The average molecular weight is 192 g/mol. The van der Waals surface area contributed by atoms with Crippen LogP contribution in [0.25, 0.3) is 0 Å². The molecule has 0 aliphatic heterocycles. The minimum absolute atomic E-state index is 0.424. The number of hydrogen-bond acceptors (Lipinski definition) is 3. The largest absolute Gasteiger partial charge is 0.490 e. The molecule has 3 heteroatoms. The number of nitrogens with zero attached hydrogens (tertiary/aromatic N) is 1. The summed E-state index contributed by atoms with van der Waals surface area (Å²) in [6, 6.07) is 0. The van der Waals surface area contributed by atoms with Crippen LogP contribution in [-0.4, -0.2) is 11.1 Å². The Hall–Kier alpha value is -1.09. The highest BCUT2D eigenvalue weighted by Gasteiger charge is 2.25. The van der Waals surface area contributed by atoms with Gasteiger partial charge in [-0.25, -0.2) is 0 Å². The van der Waals surface area contributed by atoms with Gasteiger partial charge in [0.1, 0.15) is 5.75 Å². The molecule has 3 nitrogen and oxygen atoms in total. The number of pyridine rings is 1. The van der Waals surface area contributed by atoms with Crippen LogP contribution < -0.4 is 10.5 Å². The van der Waals surface area contributed by atoms with Crippen molar-refractivity contribution >= 4 is 0 Å². The standard InChI is InChI=1S/C11H16N2O/c1-2-8-6-13-7-9(5-12)11(8)14-10-3-4-10/h6-7,10H,2-5,12H2,1H3. The number of nitrogens with two attached hydrogens (primary N) is 1. The van der Waals surface area contributed by atoms with Gasteiger partial charge >= 0.3 is 0 Å². The third-order valence-electron chi connectivity index (χ3n) is 2.45. The summed E-state index contributed by atoms with van der Waals surface area (Å²) in [5.41, 5.74) is 7.84. The summed E-state index contributed by atoms with van der Waals surface area (Å²) in [7, 11) is 0. The normalized spacial score (nSPS) is 15.6. The van der Waals surface area contributed by atoms with E-state index in [-0.39, 0.29) is 0 Å². The lowest BCUT2D eigenvalue weighted by Crippen LogP contribution is -2.07. The van der Waals surface area contributed by atoms with E-state index in [1.165, 1.54) is 18.4 Å². The van der Waals surface area contributed by atoms with Crippen LogP contribution in [0.3, 0.4) is 0 Å². The number of rotatable bonds is 4. The van der Waals surface area contributed by atoms with Gasteiger partial charge in [-0.15, -0.1) is 0 Å². The molecule has 1 aromatic rings. The average Bonchev–Trinajstić information content (AvgIpc) is 3.02. The number of ether oxygens (including phenoxy) is 1. The monoisotopic (exact) mass is 192 g/mol. The predicted molar refractivity (Wildman–Crippen MR) is 55.2 cm³/mol. The fraction of sp³-hybridized carbons (Fsp3) is 0.545. The van der Waals surface area contributed by atoms with Gasteiger partial charge in [-0.2, -0.15) is 0 Å². The van der Waals surface area contributed by atoms with Crippen molar-refractivity contribution in [2.75, 3.05) is 0 Å². The minimum atomic E-state index is 0.424. The third kappa shape index (κ3) is 1.87. The lowest BCUT2D eigenvalue weighted by atomic mass is 10.1. The van der Waals surface area contributed by atoms with Crippen molar-refractivity contribution in [1.29, 1.82) is 0 Å². The molecule has 0 amide bonds. The van der Waals surface area contributed by atoms with Gasteiger partial charge in [0.2, 0.25) is 0 Å². The van der Waals surface area contributed by atoms with Crippen molar-refractivity contribution in [3.8, 4) is 5.75 Å². The third-order valence-corrected chi connectivity index (χ3v) is 2.45. The van der Waals surface area contributed by atoms with E-state index in [1.54, 1.807) is 6.20 Å². The molecule has 0 aromatic carbocycles. The molecule has 1 fully saturated rings. The molecule has 14 heavy (non-hydrogen) atoms. The van der Waals surface area contributed by atoms with Gasteiger partial charge in [-0.3, -0.25) is 4.98 Å². The summed E-state index contributed by atoms with van der Waals surface area (Å²) in [6.07, 6.45) is 7.40. The molecule has 0 spiro atoms. The summed E-state index contributed by atoms with van der Waals surface area (Å²) in [5, 5.41) is 0. The van der Waals surface area contributed by atoms with Crippen LogP contribution in [0.2, 0.25) is 0 Å². The van der Waals surface area contributed by atoms with Gasteiger partial charge in [0.25, 0.3) is 0 Å². The second-order valence-corrected chi connectivity index (χ2v) is 3.66. The van der Waals surface area contributed by atoms with Crippen molar-refractivity contribution in [3.63, 3.8) is 0 Å². The Bertz CT molecular complexity index is 299. The first-order valence-corrected chi connectivity index (χ1v) is 5.17. The molecule has 2 N–H and O–H groups in total. The van der Waals surface area contributed by atoms with Crippen molar-refractivity contribution in [2.45, 2.75) is 38.8 Å². The first kappa shape index (κ1) is 9.46. The molecule has 0 bridgehead atoms. The van der Waals surface area contributed by atoms with E-state index < -0.39 is 0 Å². The zero-order valence-corrected chi connectivity index (χ0v) is 8.49. The quantitative estimate of drug-likeness (QED) is 0.789. The highest BCUT2D eigenvalue weighted by atomic mass is 16.5. The fourth-order valence-corrected chi connectivity index (χ4v) is 1.44. The Kier molecular flexibility index (Phi) is 2.68. The maximum absolute atomic E-state index is 5.85.